The van der Waals surface area contributed by atoms with Crippen LogP contribution in [0.4, 0.5) is 0 Å². The summed E-state index contributed by atoms with van der Waals surface area (Å²) in [4.78, 5) is 0. The number of ether oxygens (including phenoxy) is 1. The van der Waals surface area contributed by atoms with E-state index in [4.69, 9.17) is 9.15 Å². The summed E-state index contributed by atoms with van der Waals surface area (Å²) in [5.41, 5.74) is 0. The summed E-state index contributed by atoms with van der Waals surface area (Å²) in [5, 5.41) is 11.1. The molecule has 0 amide bonds. The second-order valence-electron chi connectivity index (χ2n) is 3.55. The van der Waals surface area contributed by atoms with Crippen LogP contribution in [0.25, 0.3) is 0 Å². The molecule has 5 nitrogen and oxygen atoms in total. The molecule has 2 heterocycles. The summed E-state index contributed by atoms with van der Waals surface area (Å²) in [7, 11) is 1.87. The van der Waals surface area contributed by atoms with Crippen LogP contribution in [0.3, 0.4) is 0 Å². The molecule has 78 valence electrons. The Bertz CT molecular complexity index is 294. The quantitative estimate of drug-likeness (QED) is 0.778. The highest BCUT2D eigenvalue weighted by atomic mass is 16.5. The zero-order valence-electron chi connectivity index (χ0n) is 8.49. The first-order valence-electron chi connectivity index (χ1n) is 4.89. The minimum atomic E-state index is 0.110. The fourth-order valence-electron chi connectivity index (χ4n) is 1.44. The lowest BCUT2D eigenvalue weighted by Gasteiger charge is -2.03. The van der Waals surface area contributed by atoms with E-state index in [1.54, 1.807) is 0 Å². The van der Waals surface area contributed by atoms with Gasteiger partial charge in [-0.15, -0.1) is 10.2 Å². The van der Waals surface area contributed by atoms with Gasteiger partial charge in [0.2, 0.25) is 11.8 Å². The summed E-state index contributed by atoms with van der Waals surface area (Å²) < 4.78 is 10.8. The third kappa shape index (κ3) is 1.78. The highest BCUT2D eigenvalue weighted by Crippen LogP contribution is 2.24. The van der Waals surface area contributed by atoms with Gasteiger partial charge in [-0.1, -0.05) is 0 Å². The Balaban J connectivity index is 2.08. The zero-order chi connectivity index (χ0) is 9.97. The van der Waals surface area contributed by atoms with Crippen LogP contribution in [0.5, 0.6) is 0 Å². The molecule has 0 radical (unpaired) electrons. The molecule has 1 N–H and O–H groups in total. The van der Waals surface area contributed by atoms with Crippen molar-refractivity contribution in [2.24, 2.45) is 0 Å². The Labute approximate surface area is 82.8 Å². The molecular formula is C9H15N3O2. The Hall–Kier alpha value is -0.940. The lowest BCUT2D eigenvalue weighted by Crippen LogP contribution is -2.12. The first-order chi connectivity index (χ1) is 6.81. The Kier molecular flexibility index (Phi) is 2.79. The maximum absolute atomic E-state index is 5.56. The second-order valence-corrected chi connectivity index (χ2v) is 3.55. The van der Waals surface area contributed by atoms with Crippen molar-refractivity contribution in [1.29, 1.82) is 0 Å². The smallest absolute Gasteiger partial charge is 0.233 e. The van der Waals surface area contributed by atoms with Crippen LogP contribution in [0.2, 0.25) is 0 Å². The first-order valence-corrected chi connectivity index (χ1v) is 4.89. The van der Waals surface area contributed by atoms with Gasteiger partial charge in [0.1, 0.15) is 0 Å². The van der Waals surface area contributed by atoms with Gasteiger partial charge in [-0.3, -0.25) is 0 Å². The Morgan fingerprint density at radius 2 is 2.36 bits per heavy atom. The van der Waals surface area contributed by atoms with Crippen molar-refractivity contribution >= 4 is 0 Å². The van der Waals surface area contributed by atoms with Gasteiger partial charge >= 0.3 is 0 Å². The Morgan fingerprint density at radius 3 is 3.00 bits per heavy atom. The molecule has 0 spiro atoms. The van der Waals surface area contributed by atoms with Gasteiger partial charge in [0, 0.05) is 6.61 Å². The lowest BCUT2D eigenvalue weighted by atomic mass is 10.1. The van der Waals surface area contributed by atoms with Gasteiger partial charge < -0.3 is 14.5 Å². The van der Waals surface area contributed by atoms with E-state index < -0.39 is 0 Å². The minimum absolute atomic E-state index is 0.110. The number of nitrogens with one attached hydrogen (secondary N) is 1. The number of hydrogen-bond donors (Lipinski definition) is 1. The summed E-state index contributed by atoms with van der Waals surface area (Å²) in [6.45, 7) is 3.49. The maximum Gasteiger partial charge on any atom is 0.233 e. The van der Waals surface area contributed by atoms with E-state index in [0.717, 1.165) is 13.0 Å². The van der Waals surface area contributed by atoms with E-state index >= 15 is 0 Å². The van der Waals surface area contributed by atoms with Crippen molar-refractivity contribution in [3.05, 3.63) is 11.8 Å². The number of hydrogen-bond acceptors (Lipinski definition) is 5. The molecule has 1 saturated heterocycles. The zero-order valence-corrected chi connectivity index (χ0v) is 8.49. The number of aromatic nitrogens is 2. The summed E-state index contributed by atoms with van der Waals surface area (Å²) >= 11 is 0. The molecule has 1 aliphatic rings. The minimum Gasteiger partial charge on any atom is -0.423 e. The predicted molar refractivity (Wildman–Crippen MR) is 49.9 cm³/mol. The van der Waals surface area contributed by atoms with E-state index in [9.17, 15) is 0 Å². The van der Waals surface area contributed by atoms with Crippen molar-refractivity contribution in [1.82, 2.24) is 15.5 Å². The van der Waals surface area contributed by atoms with Crippen molar-refractivity contribution in [2.75, 3.05) is 20.3 Å². The van der Waals surface area contributed by atoms with Gasteiger partial charge in [-0.05, 0) is 20.4 Å². The highest BCUT2D eigenvalue weighted by Gasteiger charge is 2.24. The van der Waals surface area contributed by atoms with Crippen LogP contribution in [-0.4, -0.2) is 30.5 Å². The molecule has 1 aromatic heterocycles. The molecule has 5 heteroatoms. The van der Waals surface area contributed by atoms with Crippen LogP contribution >= 0.6 is 0 Å². The van der Waals surface area contributed by atoms with E-state index in [0.29, 0.717) is 24.3 Å². The molecule has 2 atom stereocenters. The average molecular weight is 197 g/mol. The van der Waals surface area contributed by atoms with Crippen LogP contribution in [0.1, 0.15) is 37.1 Å². The molecule has 2 rings (SSSR count). The molecule has 0 aromatic carbocycles. The fourth-order valence-corrected chi connectivity index (χ4v) is 1.44. The van der Waals surface area contributed by atoms with Gasteiger partial charge in [-0.2, -0.15) is 0 Å². The van der Waals surface area contributed by atoms with Gasteiger partial charge in [0.25, 0.3) is 0 Å². The lowest BCUT2D eigenvalue weighted by molar-refractivity contribution is 0.190. The molecular weight excluding hydrogens is 182 g/mol. The van der Waals surface area contributed by atoms with Crippen molar-refractivity contribution in [2.45, 2.75) is 25.3 Å². The van der Waals surface area contributed by atoms with Crippen molar-refractivity contribution < 1.29 is 9.15 Å². The van der Waals surface area contributed by atoms with Gasteiger partial charge in [0.15, 0.2) is 0 Å². The molecule has 1 aromatic rings. The van der Waals surface area contributed by atoms with Gasteiger partial charge in [-0.25, -0.2) is 0 Å². The van der Waals surface area contributed by atoms with E-state index in [-0.39, 0.29) is 6.04 Å². The SMILES string of the molecule is CNC(C)c1nnc(C2CCOC2)o1. The van der Waals surface area contributed by atoms with E-state index in [1.165, 1.54) is 0 Å². The maximum atomic E-state index is 5.56. The highest BCUT2D eigenvalue weighted by molar-refractivity contribution is 4.95. The van der Waals surface area contributed by atoms with Gasteiger partial charge in [0.05, 0.1) is 18.6 Å². The third-order valence-electron chi connectivity index (χ3n) is 2.54. The molecule has 1 fully saturated rings. The van der Waals surface area contributed by atoms with Crippen LogP contribution in [0, 0.1) is 0 Å². The second kappa shape index (κ2) is 4.06. The molecule has 0 aliphatic carbocycles. The van der Waals surface area contributed by atoms with Crippen LogP contribution in [0.15, 0.2) is 4.42 Å². The third-order valence-corrected chi connectivity index (χ3v) is 2.54. The standard InChI is InChI=1S/C9H15N3O2/c1-6(10-2)8-11-12-9(14-8)7-3-4-13-5-7/h6-7,10H,3-5H2,1-2H3. The topological polar surface area (TPSA) is 60.2 Å². The normalized spacial score (nSPS) is 24.0. The summed E-state index contributed by atoms with van der Waals surface area (Å²) in [6, 6.07) is 0.110. The Morgan fingerprint density at radius 1 is 1.50 bits per heavy atom. The van der Waals surface area contributed by atoms with E-state index in [1.807, 2.05) is 14.0 Å². The molecule has 0 saturated carbocycles. The molecule has 0 bridgehead atoms. The monoisotopic (exact) mass is 197 g/mol. The first kappa shape index (κ1) is 9.61. The average Bonchev–Trinajstić information content (AvgIpc) is 2.86. The predicted octanol–water partition coefficient (Wildman–Crippen LogP) is 0.854. The van der Waals surface area contributed by atoms with Crippen molar-refractivity contribution in [3.8, 4) is 0 Å². The molecule has 14 heavy (non-hydrogen) atoms. The van der Waals surface area contributed by atoms with Crippen LogP contribution in [-0.2, 0) is 4.74 Å². The molecule has 2 unspecified atom stereocenters. The number of nitrogens with zero attached hydrogens (tertiary/aromatic N) is 2. The molecule has 1 aliphatic heterocycles. The van der Waals surface area contributed by atoms with Crippen LogP contribution < -0.4 is 5.32 Å². The summed E-state index contributed by atoms with van der Waals surface area (Å²) in [6.07, 6.45) is 0.982. The number of rotatable bonds is 3. The van der Waals surface area contributed by atoms with Crippen molar-refractivity contribution in [3.63, 3.8) is 0 Å². The van der Waals surface area contributed by atoms with E-state index in [2.05, 4.69) is 15.5 Å². The largest absolute Gasteiger partial charge is 0.423 e. The fraction of sp³-hybridized carbons (Fsp3) is 0.778. The summed E-state index contributed by atoms with van der Waals surface area (Å²) in [5.74, 6) is 1.65.